The second kappa shape index (κ2) is 10.9. The van der Waals surface area contributed by atoms with Crippen molar-refractivity contribution in [2.75, 3.05) is 6.61 Å². The predicted octanol–water partition coefficient (Wildman–Crippen LogP) is 4.61. The van der Waals surface area contributed by atoms with Gasteiger partial charge >= 0.3 is 6.09 Å². The number of hydrogen-bond donors (Lipinski definition) is 1. The van der Waals surface area contributed by atoms with E-state index in [4.69, 9.17) is 15.3 Å². The first-order chi connectivity index (χ1) is 12.5. The molecule has 1 aliphatic rings. The molecule has 0 aromatic carbocycles. The van der Waals surface area contributed by atoms with Gasteiger partial charge in [-0.2, -0.15) is 15.8 Å². The molecule has 1 amide bonds. The van der Waals surface area contributed by atoms with E-state index in [2.05, 4.69) is 19.2 Å². The lowest BCUT2D eigenvalue weighted by Gasteiger charge is -2.08. The van der Waals surface area contributed by atoms with Crippen molar-refractivity contribution >= 4 is 29.6 Å². The molecule has 0 aromatic heterocycles. The highest BCUT2D eigenvalue weighted by molar-refractivity contribution is 8.28. The summed E-state index contributed by atoms with van der Waals surface area (Å²) in [4.78, 5) is 14.1. The van der Waals surface area contributed by atoms with Crippen molar-refractivity contribution in [1.82, 2.24) is 5.32 Å². The van der Waals surface area contributed by atoms with Gasteiger partial charge in [-0.05, 0) is 42.7 Å². The molecular formula is C18H16N4O2S2. The first-order valence-electron chi connectivity index (χ1n) is 7.47. The molecule has 0 bridgehead atoms. The van der Waals surface area contributed by atoms with Crippen LogP contribution in [0.4, 0.5) is 4.79 Å². The minimum Gasteiger partial charge on any atom is -0.450 e. The lowest BCUT2D eigenvalue weighted by Crippen LogP contribution is -2.25. The summed E-state index contributed by atoms with van der Waals surface area (Å²) in [5.74, 6) is 0. The molecule has 0 fully saturated rings. The van der Waals surface area contributed by atoms with Crippen LogP contribution >= 0.6 is 23.5 Å². The summed E-state index contributed by atoms with van der Waals surface area (Å²) in [7, 11) is 0. The maximum absolute atomic E-state index is 11.6. The summed E-state index contributed by atoms with van der Waals surface area (Å²) in [5, 5.41) is 29.7. The van der Waals surface area contributed by atoms with Gasteiger partial charge in [0.15, 0.2) is 5.57 Å². The fourth-order valence-corrected chi connectivity index (χ4v) is 4.02. The molecule has 1 N–H and O–H groups in total. The second-order valence-corrected chi connectivity index (χ2v) is 7.47. The van der Waals surface area contributed by atoms with Gasteiger partial charge < -0.3 is 4.74 Å². The van der Waals surface area contributed by atoms with Crippen molar-refractivity contribution in [2.45, 2.75) is 20.8 Å². The first kappa shape index (κ1) is 21.2. The molecule has 0 saturated heterocycles. The summed E-state index contributed by atoms with van der Waals surface area (Å²) in [6.07, 6.45) is 5.84. The van der Waals surface area contributed by atoms with E-state index in [1.54, 1.807) is 54.7 Å². The molecule has 1 rings (SSSR count). The summed E-state index contributed by atoms with van der Waals surface area (Å²) < 4.78 is 5.85. The second-order valence-electron chi connectivity index (χ2n) is 4.70. The SMILES string of the molecule is CCOC(=O)NC(=C(C#N)C#N)/C(C#N)=C/C=C/C=C1SC(C)=C(C)S1. The maximum atomic E-state index is 11.6. The number of ether oxygens (including phenoxy) is 1. The summed E-state index contributed by atoms with van der Waals surface area (Å²) in [6.45, 7) is 5.84. The molecule has 0 atom stereocenters. The van der Waals surface area contributed by atoms with Crippen LogP contribution in [0.3, 0.4) is 0 Å². The van der Waals surface area contributed by atoms with E-state index >= 15 is 0 Å². The van der Waals surface area contributed by atoms with Gasteiger partial charge in [-0.15, -0.1) is 0 Å². The highest BCUT2D eigenvalue weighted by atomic mass is 32.2. The number of carbonyl (C=O) groups is 1. The number of amides is 1. The highest BCUT2D eigenvalue weighted by Gasteiger charge is 2.15. The van der Waals surface area contributed by atoms with Gasteiger partial charge in [-0.1, -0.05) is 35.7 Å². The molecule has 132 valence electrons. The molecule has 0 radical (unpaired) electrons. The van der Waals surface area contributed by atoms with Crippen molar-refractivity contribution in [1.29, 1.82) is 15.8 Å². The third kappa shape index (κ3) is 6.22. The Morgan fingerprint density at radius 2 is 1.73 bits per heavy atom. The zero-order valence-electron chi connectivity index (χ0n) is 14.5. The molecule has 1 aliphatic heterocycles. The Morgan fingerprint density at radius 1 is 1.12 bits per heavy atom. The lowest BCUT2D eigenvalue weighted by molar-refractivity contribution is 0.155. The van der Waals surface area contributed by atoms with Crippen molar-refractivity contribution in [3.05, 3.63) is 55.2 Å². The topological polar surface area (TPSA) is 110 Å². The van der Waals surface area contributed by atoms with E-state index in [-0.39, 0.29) is 23.5 Å². The Balaban J connectivity index is 3.04. The van der Waals surface area contributed by atoms with Gasteiger partial charge in [0.05, 0.1) is 17.9 Å². The van der Waals surface area contributed by atoms with Crippen molar-refractivity contribution in [3.8, 4) is 18.2 Å². The molecule has 0 unspecified atom stereocenters. The summed E-state index contributed by atoms with van der Waals surface area (Å²) >= 11 is 3.34. The fraction of sp³-hybridized carbons (Fsp3) is 0.222. The van der Waals surface area contributed by atoms with E-state index in [1.807, 2.05) is 12.1 Å². The molecule has 0 spiro atoms. The van der Waals surface area contributed by atoms with Crippen LogP contribution in [0.1, 0.15) is 20.8 Å². The lowest BCUT2D eigenvalue weighted by atomic mass is 10.1. The smallest absolute Gasteiger partial charge is 0.411 e. The van der Waals surface area contributed by atoms with Gasteiger partial charge in [0.25, 0.3) is 0 Å². The third-order valence-corrected chi connectivity index (χ3v) is 5.50. The average molecular weight is 384 g/mol. The van der Waals surface area contributed by atoms with Crippen LogP contribution in [0.2, 0.25) is 0 Å². The van der Waals surface area contributed by atoms with Crippen LogP contribution in [0.5, 0.6) is 0 Å². The van der Waals surface area contributed by atoms with Crippen LogP contribution in [0, 0.1) is 34.0 Å². The van der Waals surface area contributed by atoms with E-state index in [0.717, 1.165) is 4.24 Å². The Labute approximate surface area is 161 Å². The number of carbonyl (C=O) groups excluding carboxylic acids is 1. The summed E-state index contributed by atoms with van der Waals surface area (Å²) in [6, 6.07) is 5.22. The van der Waals surface area contributed by atoms with Gasteiger partial charge in [-0.25, -0.2) is 4.79 Å². The molecule has 8 heteroatoms. The number of nitrogens with one attached hydrogen (secondary N) is 1. The minimum absolute atomic E-state index is 0.0250. The Kier molecular flexibility index (Phi) is 8.87. The molecule has 0 aromatic rings. The van der Waals surface area contributed by atoms with Gasteiger partial charge in [-0.3, -0.25) is 5.32 Å². The van der Waals surface area contributed by atoms with E-state index in [0.29, 0.717) is 0 Å². The number of allylic oxidation sites excluding steroid dienone is 8. The molecule has 0 aliphatic carbocycles. The summed E-state index contributed by atoms with van der Waals surface area (Å²) in [5.41, 5.74) is -0.579. The molecule has 26 heavy (non-hydrogen) atoms. The zero-order valence-corrected chi connectivity index (χ0v) is 16.1. The zero-order chi connectivity index (χ0) is 19.5. The molecule has 0 saturated carbocycles. The van der Waals surface area contributed by atoms with Crippen molar-refractivity contribution in [2.24, 2.45) is 0 Å². The number of thioether (sulfide) groups is 2. The number of nitrogens with zero attached hydrogens (tertiary/aromatic N) is 3. The highest BCUT2D eigenvalue weighted by Crippen LogP contribution is 2.48. The fourth-order valence-electron chi connectivity index (χ4n) is 1.67. The number of hydrogen-bond acceptors (Lipinski definition) is 7. The quantitative estimate of drug-likeness (QED) is 0.544. The van der Waals surface area contributed by atoms with Crippen LogP contribution in [-0.2, 0) is 4.74 Å². The van der Waals surface area contributed by atoms with Gasteiger partial charge in [0.1, 0.15) is 18.2 Å². The van der Waals surface area contributed by atoms with E-state index in [9.17, 15) is 10.1 Å². The first-order valence-corrected chi connectivity index (χ1v) is 9.10. The normalized spacial score (nSPS) is 13.7. The van der Waals surface area contributed by atoms with Crippen LogP contribution in [0.25, 0.3) is 0 Å². The average Bonchev–Trinajstić information content (AvgIpc) is 2.93. The Hall–Kier alpha value is -2.86. The van der Waals surface area contributed by atoms with Gasteiger partial charge in [0.2, 0.25) is 0 Å². The van der Waals surface area contributed by atoms with Crippen LogP contribution < -0.4 is 5.32 Å². The van der Waals surface area contributed by atoms with E-state index in [1.165, 1.54) is 15.9 Å². The molecular weight excluding hydrogens is 368 g/mol. The Bertz CT molecular complexity index is 827. The molecule has 1 heterocycles. The monoisotopic (exact) mass is 384 g/mol. The predicted molar refractivity (Wildman–Crippen MR) is 103 cm³/mol. The van der Waals surface area contributed by atoms with E-state index < -0.39 is 6.09 Å². The van der Waals surface area contributed by atoms with Crippen molar-refractivity contribution in [3.63, 3.8) is 0 Å². The number of rotatable bonds is 5. The van der Waals surface area contributed by atoms with Crippen LogP contribution in [-0.4, -0.2) is 12.7 Å². The minimum atomic E-state index is -0.839. The standard InChI is InChI=1S/C18H16N4O2S2/c1-4-24-18(23)22-17(15(10-20)11-21)14(9-19)7-5-6-8-16-25-12(2)13(3)26-16/h5-8H,4H2,1-3H3,(H,22,23)/b6-5+,14-7+. The third-order valence-electron chi connectivity index (χ3n) is 2.98. The Morgan fingerprint density at radius 3 is 2.23 bits per heavy atom. The number of alkyl carbamates (subject to hydrolysis) is 1. The van der Waals surface area contributed by atoms with Crippen LogP contribution in [0.15, 0.2) is 55.2 Å². The van der Waals surface area contributed by atoms with Crippen molar-refractivity contribution < 1.29 is 9.53 Å². The maximum Gasteiger partial charge on any atom is 0.411 e. The van der Waals surface area contributed by atoms with Gasteiger partial charge in [0, 0.05) is 4.24 Å². The number of nitriles is 3. The molecule has 6 nitrogen and oxygen atoms in total. The largest absolute Gasteiger partial charge is 0.450 e.